The third-order valence-corrected chi connectivity index (χ3v) is 6.22. The summed E-state index contributed by atoms with van der Waals surface area (Å²) >= 11 is 6.23. The number of rotatable bonds is 10. The maximum absolute atomic E-state index is 13.7. The van der Waals surface area contributed by atoms with Crippen LogP contribution in [0.1, 0.15) is 41.2 Å². The molecule has 0 unspecified atom stereocenters. The molecule has 3 aromatic carbocycles. The SMILES string of the molecule is CCCNC(=O)[C@@H](Cc1ccccc1)N(Cc1cccc(Cl)c1)C(=O)Cc1ccc(C)c(C)c1. The third-order valence-electron chi connectivity index (χ3n) is 5.99. The molecule has 4 nitrogen and oxygen atoms in total. The Morgan fingerprint density at radius 2 is 1.62 bits per heavy atom. The van der Waals surface area contributed by atoms with Gasteiger partial charge in [-0.15, -0.1) is 0 Å². The lowest BCUT2D eigenvalue weighted by atomic mass is 10.00. The molecule has 3 rings (SSSR count). The first kappa shape index (κ1) is 25.5. The number of nitrogens with zero attached hydrogens (tertiary/aromatic N) is 1. The lowest BCUT2D eigenvalue weighted by Gasteiger charge is -2.32. The molecule has 0 spiro atoms. The average Bonchev–Trinajstić information content (AvgIpc) is 2.82. The van der Waals surface area contributed by atoms with Gasteiger partial charge >= 0.3 is 0 Å². The van der Waals surface area contributed by atoms with E-state index in [1.54, 1.807) is 4.90 Å². The number of carbonyl (C=O) groups excluding carboxylic acids is 2. The molecule has 5 heteroatoms. The first-order valence-electron chi connectivity index (χ1n) is 11.8. The fourth-order valence-electron chi connectivity index (χ4n) is 3.94. The normalized spacial score (nSPS) is 11.6. The minimum atomic E-state index is -0.632. The monoisotopic (exact) mass is 476 g/mol. The molecule has 1 atom stereocenters. The van der Waals surface area contributed by atoms with Crippen molar-refractivity contribution in [1.82, 2.24) is 10.2 Å². The van der Waals surface area contributed by atoms with Crippen molar-refractivity contribution in [2.45, 2.75) is 52.6 Å². The van der Waals surface area contributed by atoms with Gasteiger partial charge in [0.2, 0.25) is 11.8 Å². The van der Waals surface area contributed by atoms with Crippen LogP contribution in [0.2, 0.25) is 5.02 Å². The molecule has 0 radical (unpaired) electrons. The molecule has 0 heterocycles. The molecule has 3 aromatic rings. The number of carbonyl (C=O) groups is 2. The van der Waals surface area contributed by atoms with E-state index < -0.39 is 6.04 Å². The summed E-state index contributed by atoms with van der Waals surface area (Å²) in [6.07, 6.45) is 1.50. The number of hydrogen-bond acceptors (Lipinski definition) is 2. The smallest absolute Gasteiger partial charge is 0.243 e. The first-order valence-corrected chi connectivity index (χ1v) is 12.2. The maximum Gasteiger partial charge on any atom is 0.243 e. The van der Waals surface area contributed by atoms with Crippen LogP contribution in [0.15, 0.2) is 72.8 Å². The van der Waals surface area contributed by atoms with Crippen LogP contribution in [0.3, 0.4) is 0 Å². The van der Waals surface area contributed by atoms with Crippen LogP contribution < -0.4 is 5.32 Å². The van der Waals surface area contributed by atoms with Crippen molar-refractivity contribution in [3.05, 3.63) is 106 Å². The summed E-state index contributed by atoms with van der Waals surface area (Å²) in [5.74, 6) is -0.225. The molecular weight excluding hydrogens is 444 g/mol. The Kier molecular flexibility index (Phi) is 9.29. The van der Waals surface area contributed by atoms with E-state index in [1.807, 2.05) is 86.6 Å². The number of amides is 2. The fraction of sp³-hybridized carbons (Fsp3) is 0.310. The van der Waals surface area contributed by atoms with E-state index in [9.17, 15) is 9.59 Å². The summed E-state index contributed by atoms with van der Waals surface area (Å²) in [6.45, 7) is 6.99. The van der Waals surface area contributed by atoms with Gasteiger partial charge in [0, 0.05) is 24.5 Å². The molecule has 0 aliphatic rings. The lowest BCUT2D eigenvalue weighted by Crippen LogP contribution is -2.51. The quantitative estimate of drug-likeness (QED) is 0.410. The maximum atomic E-state index is 13.7. The Balaban J connectivity index is 1.96. The van der Waals surface area contributed by atoms with E-state index in [1.165, 1.54) is 5.56 Å². The fourth-order valence-corrected chi connectivity index (χ4v) is 4.15. The second-order valence-corrected chi connectivity index (χ2v) is 9.18. The molecule has 1 N–H and O–H groups in total. The van der Waals surface area contributed by atoms with Crippen LogP contribution in [0.4, 0.5) is 0 Å². The van der Waals surface area contributed by atoms with Gasteiger partial charge in [-0.1, -0.05) is 79.2 Å². The summed E-state index contributed by atoms with van der Waals surface area (Å²) in [6, 6.07) is 22.7. The summed E-state index contributed by atoms with van der Waals surface area (Å²) in [7, 11) is 0. The van der Waals surface area contributed by atoms with E-state index in [-0.39, 0.29) is 18.2 Å². The second-order valence-electron chi connectivity index (χ2n) is 8.74. The third kappa shape index (κ3) is 7.19. The summed E-state index contributed by atoms with van der Waals surface area (Å²) < 4.78 is 0. The van der Waals surface area contributed by atoms with E-state index >= 15 is 0 Å². The zero-order valence-corrected chi connectivity index (χ0v) is 20.9. The van der Waals surface area contributed by atoms with E-state index in [0.717, 1.165) is 28.7 Å². The molecule has 0 fully saturated rings. The van der Waals surface area contributed by atoms with Crippen LogP contribution in [0, 0.1) is 13.8 Å². The number of benzene rings is 3. The summed E-state index contributed by atoms with van der Waals surface area (Å²) in [5, 5.41) is 3.61. The van der Waals surface area contributed by atoms with Gasteiger partial charge < -0.3 is 10.2 Å². The predicted molar refractivity (Wildman–Crippen MR) is 139 cm³/mol. The van der Waals surface area contributed by atoms with E-state index in [4.69, 9.17) is 11.6 Å². The first-order chi connectivity index (χ1) is 16.4. The number of nitrogens with one attached hydrogen (secondary N) is 1. The van der Waals surface area contributed by atoms with E-state index in [0.29, 0.717) is 24.5 Å². The molecule has 178 valence electrons. The Morgan fingerprint density at radius 1 is 0.882 bits per heavy atom. The van der Waals surface area contributed by atoms with Gasteiger partial charge in [0.05, 0.1) is 6.42 Å². The van der Waals surface area contributed by atoms with Crippen molar-refractivity contribution in [3.63, 3.8) is 0 Å². The number of aryl methyl sites for hydroxylation is 2. The van der Waals surface area contributed by atoms with E-state index in [2.05, 4.69) is 12.2 Å². The summed E-state index contributed by atoms with van der Waals surface area (Å²) in [4.78, 5) is 28.8. The molecule has 0 aliphatic carbocycles. The Bertz CT molecular complexity index is 1110. The average molecular weight is 477 g/mol. The van der Waals surface area contributed by atoms with Gasteiger partial charge in [-0.2, -0.15) is 0 Å². The lowest BCUT2D eigenvalue weighted by molar-refractivity contribution is -0.140. The van der Waals surface area contributed by atoms with Gasteiger partial charge in [0.1, 0.15) is 6.04 Å². The van der Waals surface area contributed by atoms with Crippen molar-refractivity contribution >= 4 is 23.4 Å². The van der Waals surface area contributed by atoms with Gasteiger partial charge in [-0.3, -0.25) is 9.59 Å². The van der Waals surface area contributed by atoms with Gasteiger partial charge in [-0.05, 0) is 60.2 Å². The number of hydrogen-bond donors (Lipinski definition) is 1. The van der Waals surface area contributed by atoms with Gasteiger partial charge in [-0.25, -0.2) is 0 Å². The van der Waals surface area contributed by atoms with Crippen LogP contribution in [-0.4, -0.2) is 29.3 Å². The Hall–Kier alpha value is -3.11. The Labute approximate surface area is 207 Å². The molecule has 0 bridgehead atoms. The molecule has 2 amide bonds. The van der Waals surface area contributed by atoms with Gasteiger partial charge in [0.15, 0.2) is 0 Å². The molecule has 0 saturated carbocycles. The van der Waals surface area contributed by atoms with Crippen molar-refractivity contribution in [2.75, 3.05) is 6.54 Å². The van der Waals surface area contributed by atoms with Crippen LogP contribution in [-0.2, 0) is 29.0 Å². The molecule has 0 aliphatic heterocycles. The molecule has 0 saturated heterocycles. The molecule has 0 aromatic heterocycles. The number of halogens is 1. The highest BCUT2D eigenvalue weighted by Crippen LogP contribution is 2.19. The highest BCUT2D eigenvalue weighted by molar-refractivity contribution is 6.30. The minimum absolute atomic E-state index is 0.0872. The van der Waals surface area contributed by atoms with Crippen molar-refractivity contribution in [1.29, 1.82) is 0 Å². The molecule has 34 heavy (non-hydrogen) atoms. The highest BCUT2D eigenvalue weighted by atomic mass is 35.5. The zero-order chi connectivity index (χ0) is 24.5. The second kappa shape index (κ2) is 12.4. The Morgan fingerprint density at radius 3 is 2.29 bits per heavy atom. The standard InChI is InChI=1S/C29H33ClN2O2/c1-4-15-31-29(34)27(18-23-9-6-5-7-10-23)32(20-25-11-8-12-26(30)17-25)28(33)19-24-14-13-21(2)22(3)16-24/h5-14,16-17,27H,4,15,18-20H2,1-3H3,(H,31,34)/t27-/m1/s1. The molecular formula is C29H33ClN2O2. The van der Waals surface area contributed by atoms with Crippen LogP contribution in [0.25, 0.3) is 0 Å². The minimum Gasteiger partial charge on any atom is -0.354 e. The van der Waals surface area contributed by atoms with Crippen molar-refractivity contribution < 1.29 is 9.59 Å². The topological polar surface area (TPSA) is 49.4 Å². The summed E-state index contributed by atoms with van der Waals surface area (Å²) in [5.41, 5.74) is 5.18. The zero-order valence-electron chi connectivity index (χ0n) is 20.2. The van der Waals surface area contributed by atoms with Crippen LogP contribution in [0.5, 0.6) is 0 Å². The predicted octanol–water partition coefficient (Wildman–Crippen LogP) is 5.67. The van der Waals surface area contributed by atoms with Crippen molar-refractivity contribution in [2.24, 2.45) is 0 Å². The largest absolute Gasteiger partial charge is 0.354 e. The van der Waals surface area contributed by atoms with Crippen LogP contribution >= 0.6 is 11.6 Å². The van der Waals surface area contributed by atoms with Crippen molar-refractivity contribution in [3.8, 4) is 0 Å². The van der Waals surface area contributed by atoms with Gasteiger partial charge in [0.25, 0.3) is 0 Å². The highest BCUT2D eigenvalue weighted by Gasteiger charge is 2.30.